The summed E-state index contributed by atoms with van der Waals surface area (Å²) in [6, 6.07) is 1.39. The second-order valence-corrected chi connectivity index (χ2v) is 2.38. The molecule has 0 fully saturated rings. The molecule has 0 spiro atoms. The molecule has 6 nitrogen and oxygen atoms in total. The van der Waals surface area contributed by atoms with Gasteiger partial charge in [-0.15, -0.1) is 0 Å². The Hall–Kier alpha value is -1.85. The number of methoxy groups -OCH3 is 1. The molecule has 0 aliphatic carbocycles. The fourth-order valence-electron chi connectivity index (χ4n) is 0.932. The molecule has 76 valence electrons. The number of nitro groups is 1. The second kappa shape index (κ2) is 4.40. The minimum atomic E-state index is -0.544. The van der Waals surface area contributed by atoms with Gasteiger partial charge in [0.15, 0.2) is 0 Å². The molecule has 1 aromatic heterocycles. The number of pyridine rings is 1. The average Bonchev–Trinajstić information content (AvgIpc) is 2.17. The van der Waals surface area contributed by atoms with Gasteiger partial charge in [-0.2, -0.15) is 0 Å². The molecule has 14 heavy (non-hydrogen) atoms. The standard InChI is InChI=1S/C8H10N2O4/c1-3-14-7-4-8(13-2)9-5-6(7)10(11)12/h4-5H,3H2,1-2H3. The van der Waals surface area contributed by atoms with Gasteiger partial charge in [-0.1, -0.05) is 0 Å². The van der Waals surface area contributed by atoms with Crippen molar-refractivity contribution in [2.45, 2.75) is 6.92 Å². The summed E-state index contributed by atoms with van der Waals surface area (Å²) in [5, 5.41) is 10.5. The molecule has 0 aliphatic heterocycles. The van der Waals surface area contributed by atoms with Gasteiger partial charge in [-0.25, -0.2) is 4.98 Å². The summed E-state index contributed by atoms with van der Waals surface area (Å²) in [5.74, 6) is 0.461. The van der Waals surface area contributed by atoms with Crippen molar-refractivity contribution in [2.75, 3.05) is 13.7 Å². The Balaban J connectivity index is 3.10. The summed E-state index contributed by atoms with van der Waals surface area (Å²) in [5.41, 5.74) is -0.160. The molecular formula is C8H10N2O4. The van der Waals surface area contributed by atoms with Crippen LogP contribution >= 0.6 is 0 Å². The second-order valence-electron chi connectivity index (χ2n) is 2.38. The van der Waals surface area contributed by atoms with Gasteiger partial charge in [-0.3, -0.25) is 10.1 Å². The first-order valence-corrected chi connectivity index (χ1v) is 4.00. The third-order valence-corrected chi connectivity index (χ3v) is 1.53. The van der Waals surface area contributed by atoms with Crippen LogP contribution in [0.25, 0.3) is 0 Å². The summed E-state index contributed by atoms with van der Waals surface area (Å²) in [7, 11) is 1.43. The fourth-order valence-corrected chi connectivity index (χ4v) is 0.932. The minimum Gasteiger partial charge on any atom is -0.487 e. The fraction of sp³-hybridized carbons (Fsp3) is 0.375. The highest BCUT2D eigenvalue weighted by Gasteiger charge is 2.16. The van der Waals surface area contributed by atoms with E-state index < -0.39 is 4.92 Å². The van der Waals surface area contributed by atoms with Gasteiger partial charge in [0.05, 0.1) is 18.6 Å². The molecular weight excluding hydrogens is 188 g/mol. The number of hydrogen-bond acceptors (Lipinski definition) is 5. The Morgan fingerprint density at radius 2 is 2.36 bits per heavy atom. The summed E-state index contributed by atoms with van der Waals surface area (Å²) in [6.45, 7) is 2.10. The van der Waals surface area contributed by atoms with Crippen LogP contribution in [0.15, 0.2) is 12.3 Å². The van der Waals surface area contributed by atoms with Crippen LogP contribution in [-0.4, -0.2) is 23.6 Å². The Bertz CT molecular complexity index is 340. The molecule has 1 rings (SSSR count). The maximum atomic E-state index is 10.5. The smallest absolute Gasteiger partial charge is 0.329 e. The van der Waals surface area contributed by atoms with Gasteiger partial charge in [0.25, 0.3) is 0 Å². The molecule has 0 aliphatic rings. The van der Waals surface area contributed by atoms with Gasteiger partial charge < -0.3 is 9.47 Å². The highest BCUT2D eigenvalue weighted by molar-refractivity contribution is 5.46. The maximum absolute atomic E-state index is 10.5. The van der Waals surface area contributed by atoms with E-state index in [0.717, 1.165) is 6.20 Å². The Labute approximate surface area is 80.6 Å². The predicted molar refractivity (Wildman–Crippen MR) is 48.6 cm³/mol. The first kappa shape index (κ1) is 10.2. The third-order valence-electron chi connectivity index (χ3n) is 1.53. The first-order chi connectivity index (χ1) is 6.69. The maximum Gasteiger partial charge on any atom is 0.329 e. The van der Waals surface area contributed by atoms with Crippen LogP contribution in [-0.2, 0) is 0 Å². The van der Waals surface area contributed by atoms with Crippen LogP contribution in [0.5, 0.6) is 11.6 Å². The third kappa shape index (κ3) is 2.09. The summed E-state index contributed by atoms with van der Waals surface area (Å²) < 4.78 is 9.90. The number of rotatable bonds is 4. The lowest BCUT2D eigenvalue weighted by molar-refractivity contribution is -0.386. The van der Waals surface area contributed by atoms with Gasteiger partial charge in [0.2, 0.25) is 11.6 Å². The van der Waals surface area contributed by atoms with Crippen LogP contribution in [0.3, 0.4) is 0 Å². The van der Waals surface area contributed by atoms with Crippen LogP contribution in [0.4, 0.5) is 5.69 Å². The van der Waals surface area contributed by atoms with Crippen molar-refractivity contribution in [3.8, 4) is 11.6 Å². The van der Waals surface area contributed by atoms with Gasteiger partial charge in [-0.05, 0) is 6.92 Å². The van der Waals surface area contributed by atoms with Crippen molar-refractivity contribution in [3.63, 3.8) is 0 Å². The van der Waals surface area contributed by atoms with Crippen molar-refractivity contribution < 1.29 is 14.4 Å². The molecule has 0 saturated carbocycles. The van der Waals surface area contributed by atoms with Crippen molar-refractivity contribution in [2.24, 2.45) is 0 Å². The minimum absolute atomic E-state index is 0.160. The van der Waals surface area contributed by atoms with Gasteiger partial charge in [0.1, 0.15) is 6.20 Å². The van der Waals surface area contributed by atoms with Crippen molar-refractivity contribution >= 4 is 5.69 Å². The molecule has 0 saturated heterocycles. The molecule has 0 atom stereocenters. The van der Waals surface area contributed by atoms with Crippen molar-refractivity contribution in [1.82, 2.24) is 4.98 Å². The van der Waals surface area contributed by atoms with Crippen molar-refractivity contribution in [1.29, 1.82) is 0 Å². The molecule has 0 aromatic carbocycles. The van der Waals surface area contributed by atoms with Gasteiger partial charge in [0, 0.05) is 6.07 Å². The van der Waals surface area contributed by atoms with E-state index >= 15 is 0 Å². The lowest BCUT2D eigenvalue weighted by Crippen LogP contribution is -1.99. The predicted octanol–water partition coefficient (Wildman–Crippen LogP) is 1.40. The van der Waals surface area contributed by atoms with E-state index in [4.69, 9.17) is 9.47 Å². The molecule has 1 heterocycles. The van der Waals surface area contributed by atoms with Crippen LogP contribution in [0.1, 0.15) is 6.92 Å². The number of ether oxygens (including phenoxy) is 2. The van der Waals surface area contributed by atoms with E-state index in [1.54, 1.807) is 6.92 Å². The number of nitrogens with zero attached hydrogens (tertiary/aromatic N) is 2. The van der Waals surface area contributed by atoms with E-state index in [1.165, 1.54) is 13.2 Å². The quantitative estimate of drug-likeness (QED) is 0.540. The van der Waals surface area contributed by atoms with E-state index in [1.807, 2.05) is 0 Å². The van der Waals surface area contributed by atoms with Crippen LogP contribution in [0, 0.1) is 10.1 Å². The molecule has 0 bridgehead atoms. The molecule has 1 aromatic rings. The van der Waals surface area contributed by atoms with Crippen LogP contribution in [0.2, 0.25) is 0 Å². The highest BCUT2D eigenvalue weighted by Crippen LogP contribution is 2.28. The molecule has 0 radical (unpaired) electrons. The monoisotopic (exact) mass is 198 g/mol. The zero-order valence-corrected chi connectivity index (χ0v) is 7.89. The SMILES string of the molecule is CCOc1cc(OC)ncc1[N+](=O)[O-]. The Morgan fingerprint density at radius 3 is 2.86 bits per heavy atom. The lowest BCUT2D eigenvalue weighted by atomic mass is 10.4. The zero-order chi connectivity index (χ0) is 10.6. The molecule has 0 amide bonds. The topological polar surface area (TPSA) is 74.5 Å². The number of aromatic nitrogens is 1. The Kier molecular flexibility index (Phi) is 3.22. The molecule has 0 N–H and O–H groups in total. The van der Waals surface area contributed by atoms with Crippen LogP contribution < -0.4 is 9.47 Å². The average molecular weight is 198 g/mol. The molecule has 6 heteroatoms. The normalized spacial score (nSPS) is 9.57. The zero-order valence-electron chi connectivity index (χ0n) is 7.89. The van der Waals surface area contributed by atoms with E-state index in [9.17, 15) is 10.1 Å². The highest BCUT2D eigenvalue weighted by atomic mass is 16.6. The summed E-state index contributed by atoms with van der Waals surface area (Å²) in [4.78, 5) is 13.7. The van der Waals surface area contributed by atoms with E-state index in [-0.39, 0.29) is 11.4 Å². The first-order valence-electron chi connectivity index (χ1n) is 4.00. The Morgan fingerprint density at radius 1 is 1.64 bits per heavy atom. The summed E-state index contributed by atoms with van der Waals surface area (Å²) >= 11 is 0. The van der Waals surface area contributed by atoms with E-state index in [0.29, 0.717) is 12.5 Å². The van der Waals surface area contributed by atoms with Gasteiger partial charge >= 0.3 is 5.69 Å². The van der Waals surface area contributed by atoms with E-state index in [2.05, 4.69) is 4.98 Å². The largest absolute Gasteiger partial charge is 0.487 e. The lowest BCUT2D eigenvalue weighted by Gasteiger charge is -2.04. The molecule has 0 unspecified atom stereocenters. The number of hydrogen-bond donors (Lipinski definition) is 0. The summed E-state index contributed by atoms with van der Waals surface area (Å²) in [6.07, 6.45) is 1.11. The van der Waals surface area contributed by atoms with Crippen molar-refractivity contribution in [3.05, 3.63) is 22.4 Å².